The van der Waals surface area contributed by atoms with Gasteiger partial charge in [-0.2, -0.15) is 12.6 Å². The molecule has 0 rings (SSSR count). The van der Waals surface area contributed by atoms with Crippen LogP contribution in [-0.2, 0) is 14.3 Å². The average Bonchev–Trinajstić information content (AvgIpc) is 2.77. The lowest BCUT2D eigenvalue weighted by atomic mass is 10.0. The predicted molar refractivity (Wildman–Crippen MR) is 140 cm³/mol. The molecule has 0 aromatic rings. The highest BCUT2D eigenvalue weighted by atomic mass is 32.2. The minimum atomic E-state index is -1.33. The third-order valence-corrected chi connectivity index (χ3v) is 7.59. The van der Waals surface area contributed by atoms with Gasteiger partial charge >= 0.3 is 11.9 Å². The zero-order valence-corrected chi connectivity index (χ0v) is 22.0. The van der Waals surface area contributed by atoms with E-state index in [9.17, 15) is 14.7 Å². The molecule has 0 saturated heterocycles. The maximum Gasteiger partial charge on any atom is 0.318 e. The second kappa shape index (κ2) is 22.9. The van der Waals surface area contributed by atoms with Gasteiger partial charge in [0.05, 0.1) is 12.4 Å². The van der Waals surface area contributed by atoms with Gasteiger partial charge in [-0.15, -0.1) is 11.8 Å². The smallest absolute Gasteiger partial charge is 0.318 e. The summed E-state index contributed by atoms with van der Waals surface area (Å²) in [6, 6.07) is 0. The van der Waals surface area contributed by atoms with E-state index in [0.717, 1.165) is 24.6 Å². The summed E-state index contributed by atoms with van der Waals surface area (Å²) >= 11 is 4.66. The molecule has 3 N–H and O–H groups in total. The quantitative estimate of drug-likeness (QED) is 0.0690. The number of thiol groups is 1. The SMILES string of the molecule is CCCCCCCCCCCCCCCCC=COCC(O)CSC(C(=O)O)C(S)C(=O)O. The number of rotatable bonds is 24. The van der Waals surface area contributed by atoms with Crippen molar-refractivity contribution in [2.75, 3.05) is 12.4 Å². The molecule has 0 bridgehead atoms. The van der Waals surface area contributed by atoms with Crippen molar-refractivity contribution in [2.24, 2.45) is 0 Å². The van der Waals surface area contributed by atoms with Crippen LogP contribution in [0.25, 0.3) is 0 Å². The van der Waals surface area contributed by atoms with Gasteiger partial charge in [-0.1, -0.05) is 90.4 Å². The third-order valence-electron chi connectivity index (χ3n) is 5.46. The highest BCUT2D eigenvalue weighted by Gasteiger charge is 2.31. The van der Waals surface area contributed by atoms with Crippen LogP contribution >= 0.6 is 24.4 Å². The second-order valence-corrected chi connectivity index (χ2v) is 10.3. The van der Waals surface area contributed by atoms with Crippen LogP contribution in [0.1, 0.15) is 103 Å². The summed E-state index contributed by atoms with van der Waals surface area (Å²) in [5, 5.41) is 25.3. The van der Waals surface area contributed by atoms with Crippen LogP contribution in [0.3, 0.4) is 0 Å². The van der Waals surface area contributed by atoms with Gasteiger partial charge in [0.1, 0.15) is 17.1 Å². The van der Waals surface area contributed by atoms with E-state index in [2.05, 4.69) is 19.6 Å². The first-order valence-corrected chi connectivity index (χ1v) is 14.2. The molecule has 0 aliphatic rings. The summed E-state index contributed by atoms with van der Waals surface area (Å²) in [5.41, 5.74) is 0. The summed E-state index contributed by atoms with van der Waals surface area (Å²) < 4.78 is 5.29. The van der Waals surface area contributed by atoms with Crippen LogP contribution in [-0.4, -0.2) is 56.2 Å². The summed E-state index contributed by atoms with van der Waals surface area (Å²) in [7, 11) is 0. The fourth-order valence-corrected chi connectivity index (χ4v) is 4.80. The number of unbranched alkanes of at least 4 members (excludes halogenated alkanes) is 14. The van der Waals surface area contributed by atoms with E-state index < -0.39 is 28.5 Å². The minimum Gasteiger partial charge on any atom is -0.499 e. The Kier molecular flexibility index (Phi) is 22.3. The average molecular weight is 507 g/mol. The standard InChI is InChI=1S/C25H46O6S2/c1-2-3-4-5-6-7-8-9-10-11-12-13-14-15-16-17-18-31-19-21(26)20-33-23(25(29)30)22(32)24(27)28/h17-18,21-23,26,32H,2-16,19-20H2,1H3,(H,27,28)(H,29,30). The Bertz CT molecular complexity index is 515. The largest absolute Gasteiger partial charge is 0.499 e. The lowest BCUT2D eigenvalue weighted by Gasteiger charge is -2.17. The normalized spacial score (nSPS) is 14.3. The van der Waals surface area contributed by atoms with Crippen molar-refractivity contribution < 1.29 is 29.6 Å². The maximum atomic E-state index is 11.1. The Morgan fingerprint density at radius 2 is 1.33 bits per heavy atom. The Balaban J connectivity index is 3.52. The van der Waals surface area contributed by atoms with Gasteiger partial charge in [-0.3, -0.25) is 9.59 Å². The molecular weight excluding hydrogens is 460 g/mol. The van der Waals surface area contributed by atoms with Gasteiger partial charge in [0.15, 0.2) is 0 Å². The van der Waals surface area contributed by atoms with Crippen molar-refractivity contribution in [3.8, 4) is 0 Å². The maximum absolute atomic E-state index is 11.1. The number of allylic oxidation sites excluding steroid dienone is 1. The molecule has 33 heavy (non-hydrogen) atoms. The van der Waals surface area contributed by atoms with Gasteiger partial charge < -0.3 is 20.1 Å². The summed E-state index contributed by atoms with van der Waals surface area (Å²) in [5.74, 6) is -2.49. The van der Waals surface area contributed by atoms with Gasteiger partial charge in [0, 0.05) is 5.75 Å². The number of aliphatic hydroxyl groups excluding tert-OH is 1. The van der Waals surface area contributed by atoms with Crippen molar-refractivity contribution in [2.45, 2.75) is 120 Å². The highest BCUT2D eigenvalue weighted by Crippen LogP contribution is 2.21. The third kappa shape index (κ3) is 20.2. The van der Waals surface area contributed by atoms with Crippen molar-refractivity contribution in [3.05, 3.63) is 12.3 Å². The lowest BCUT2D eigenvalue weighted by molar-refractivity contribution is -0.142. The first-order chi connectivity index (χ1) is 15.9. The number of carboxylic acid groups (broad SMARTS) is 2. The molecule has 3 unspecified atom stereocenters. The fraction of sp³-hybridized carbons (Fsp3) is 0.840. The molecular formula is C25H46O6S2. The van der Waals surface area contributed by atoms with Crippen LogP contribution in [0.15, 0.2) is 12.3 Å². The topological polar surface area (TPSA) is 104 Å². The Labute approximate surface area is 210 Å². The Morgan fingerprint density at radius 1 is 0.848 bits per heavy atom. The molecule has 0 aromatic carbocycles. The molecule has 0 saturated carbocycles. The Hall–Kier alpha value is -0.860. The van der Waals surface area contributed by atoms with E-state index in [4.69, 9.17) is 14.9 Å². The molecule has 0 aliphatic carbocycles. The highest BCUT2D eigenvalue weighted by molar-refractivity contribution is 8.01. The molecule has 0 heterocycles. The zero-order valence-electron chi connectivity index (χ0n) is 20.3. The lowest BCUT2D eigenvalue weighted by Crippen LogP contribution is -2.35. The van der Waals surface area contributed by atoms with E-state index >= 15 is 0 Å². The summed E-state index contributed by atoms with van der Waals surface area (Å²) in [4.78, 5) is 22.0. The minimum absolute atomic E-state index is 0.0406. The number of aliphatic carboxylic acids is 2. The van der Waals surface area contributed by atoms with Gasteiger partial charge in [0.25, 0.3) is 0 Å². The Morgan fingerprint density at radius 3 is 1.79 bits per heavy atom. The number of hydrogen-bond donors (Lipinski definition) is 4. The van der Waals surface area contributed by atoms with Crippen molar-refractivity contribution >= 4 is 36.3 Å². The number of thioether (sulfide) groups is 1. The number of carbonyl (C=O) groups is 2. The number of hydrogen-bond acceptors (Lipinski definition) is 6. The molecule has 0 fully saturated rings. The monoisotopic (exact) mass is 506 g/mol. The first-order valence-electron chi connectivity index (χ1n) is 12.6. The molecule has 0 aliphatic heterocycles. The molecule has 0 amide bonds. The van der Waals surface area contributed by atoms with E-state index in [1.165, 1.54) is 83.5 Å². The van der Waals surface area contributed by atoms with Crippen molar-refractivity contribution in [1.29, 1.82) is 0 Å². The van der Waals surface area contributed by atoms with Crippen LogP contribution in [0, 0.1) is 0 Å². The summed E-state index contributed by atoms with van der Waals surface area (Å²) in [6.45, 7) is 2.30. The molecule has 194 valence electrons. The second-order valence-electron chi connectivity index (χ2n) is 8.62. The number of ether oxygens (including phenoxy) is 1. The molecule has 3 atom stereocenters. The first kappa shape index (κ1) is 32.1. The molecule has 0 radical (unpaired) electrons. The van der Waals surface area contributed by atoms with Crippen molar-refractivity contribution in [3.63, 3.8) is 0 Å². The fourth-order valence-electron chi connectivity index (χ4n) is 3.45. The molecule has 8 heteroatoms. The van der Waals surface area contributed by atoms with Gasteiger partial charge in [-0.25, -0.2) is 0 Å². The molecule has 6 nitrogen and oxygen atoms in total. The van der Waals surface area contributed by atoms with Gasteiger partial charge in [0.2, 0.25) is 0 Å². The van der Waals surface area contributed by atoms with Crippen molar-refractivity contribution in [1.82, 2.24) is 0 Å². The van der Waals surface area contributed by atoms with Crippen LogP contribution in [0.5, 0.6) is 0 Å². The van der Waals surface area contributed by atoms with E-state index in [1.807, 2.05) is 6.08 Å². The van der Waals surface area contributed by atoms with Gasteiger partial charge in [-0.05, 0) is 18.9 Å². The summed E-state index contributed by atoms with van der Waals surface area (Å²) in [6.07, 6.45) is 22.3. The predicted octanol–water partition coefficient (Wildman–Crippen LogP) is 6.32. The van der Waals surface area contributed by atoms with Crippen LogP contribution in [0.2, 0.25) is 0 Å². The van der Waals surface area contributed by atoms with Crippen LogP contribution in [0.4, 0.5) is 0 Å². The van der Waals surface area contributed by atoms with Crippen LogP contribution < -0.4 is 0 Å². The number of aliphatic hydroxyl groups is 1. The molecule has 0 spiro atoms. The van der Waals surface area contributed by atoms with E-state index in [0.29, 0.717) is 0 Å². The number of carboxylic acids is 2. The van der Waals surface area contributed by atoms with E-state index in [1.54, 1.807) is 6.26 Å². The van der Waals surface area contributed by atoms with E-state index in [-0.39, 0.29) is 12.4 Å². The molecule has 0 aromatic heterocycles. The zero-order chi connectivity index (χ0) is 24.7.